The Labute approximate surface area is 111 Å². The lowest BCUT2D eigenvalue weighted by Gasteiger charge is -2.06. The molecule has 1 N–H and O–H groups in total. The molecule has 3 aromatic rings. The molecular weight excluding hydrogens is 238 g/mol. The van der Waals surface area contributed by atoms with Gasteiger partial charge >= 0.3 is 0 Å². The number of hydrogen-bond donors (Lipinski definition) is 1. The molecule has 0 aliphatic heterocycles. The number of aliphatic hydroxyl groups excluding tert-OH is 1. The first-order valence-electron chi connectivity index (χ1n) is 6.21. The van der Waals surface area contributed by atoms with E-state index in [2.05, 4.69) is 42.1 Å². The van der Waals surface area contributed by atoms with Crippen LogP contribution >= 0.6 is 0 Å². The number of aromatic nitrogens is 3. The summed E-state index contributed by atoms with van der Waals surface area (Å²) in [5, 5.41) is 13.8. The summed E-state index contributed by atoms with van der Waals surface area (Å²) in [6.45, 7) is 4.12. The second kappa shape index (κ2) is 4.48. The van der Waals surface area contributed by atoms with Gasteiger partial charge in [0, 0.05) is 5.56 Å². The first kappa shape index (κ1) is 11.9. The molecule has 96 valence electrons. The second-order valence-electron chi connectivity index (χ2n) is 4.70. The Bertz CT molecular complexity index is 746. The number of rotatable bonds is 2. The minimum absolute atomic E-state index is 0.0649. The normalized spacial score (nSPS) is 11.1. The molecule has 0 aliphatic carbocycles. The van der Waals surface area contributed by atoms with Crippen LogP contribution in [0.1, 0.15) is 16.8 Å². The van der Waals surface area contributed by atoms with E-state index < -0.39 is 0 Å². The fraction of sp³-hybridized carbons (Fsp3) is 0.200. The van der Waals surface area contributed by atoms with Crippen molar-refractivity contribution in [1.82, 2.24) is 14.6 Å². The Balaban J connectivity index is 2.16. The third-order valence-electron chi connectivity index (χ3n) is 3.40. The SMILES string of the molecule is Cc1ccc(-c2ccc3ncc(CO)n3n2)cc1C. The Morgan fingerprint density at radius 1 is 1.11 bits per heavy atom. The Morgan fingerprint density at radius 3 is 2.68 bits per heavy atom. The van der Waals surface area contributed by atoms with Gasteiger partial charge in [0.1, 0.15) is 0 Å². The fourth-order valence-electron chi connectivity index (χ4n) is 2.08. The predicted octanol–water partition coefficient (Wildman–Crippen LogP) is 2.51. The molecule has 0 unspecified atom stereocenters. The molecule has 0 aliphatic rings. The van der Waals surface area contributed by atoms with Gasteiger partial charge in [-0.25, -0.2) is 9.50 Å². The van der Waals surface area contributed by atoms with E-state index >= 15 is 0 Å². The van der Waals surface area contributed by atoms with Crippen LogP contribution < -0.4 is 0 Å². The van der Waals surface area contributed by atoms with Crippen molar-refractivity contribution in [3.8, 4) is 11.3 Å². The van der Waals surface area contributed by atoms with Gasteiger partial charge in [-0.2, -0.15) is 5.10 Å². The molecule has 0 saturated heterocycles. The van der Waals surface area contributed by atoms with Crippen molar-refractivity contribution >= 4 is 5.65 Å². The van der Waals surface area contributed by atoms with Crippen LogP contribution in [0.25, 0.3) is 16.9 Å². The lowest BCUT2D eigenvalue weighted by Crippen LogP contribution is -1.99. The van der Waals surface area contributed by atoms with Crippen LogP contribution in [0, 0.1) is 13.8 Å². The third-order valence-corrected chi connectivity index (χ3v) is 3.40. The van der Waals surface area contributed by atoms with Crippen molar-refractivity contribution < 1.29 is 5.11 Å². The molecule has 4 heteroatoms. The van der Waals surface area contributed by atoms with E-state index in [1.54, 1.807) is 10.7 Å². The molecule has 2 aromatic heterocycles. The molecule has 0 spiro atoms. The molecule has 1 aromatic carbocycles. The summed E-state index contributed by atoms with van der Waals surface area (Å²) >= 11 is 0. The van der Waals surface area contributed by atoms with Crippen LogP contribution in [0.2, 0.25) is 0 Å². The Hall–Kier alpha value is -2.20. The van der Waals surface area contributed by atoms with Gasteiger partial charge in [-0.1, -0.05) is 12.1 Å². The number of hydrogen-bond acceptors (Lipinski definition) is 3. The number of aryl methyl sites for hydroxylation is 2. The molecule has 0 saturated carbocycles. The van der Waals surface area contributed by atoms with Gasteiger partial charge in [0.2, 0.25) is 0 Å². The van der Waals surface area contributed by atoms with Crippen molar-refractivity contribution in [2.24, 2.45) is 0 Å². The Kier molecular flexibility index (Phi) is 2.80. The zero-order valence-corrected chi connectivity index (χ0v) is 11.0. The maximum Gasteiger partial charge on any atom is 0.153 e. The molecule has 2 heterocycles. The van der Waals surface area contributed by atoms with E-state index in [1.165, 1.54) is 11.1 Å². The summed E-state index contributed by atoms with van der Waals surface area (Å²) in [5.74, 6) is 0. The summed E-state index contributed by atoms with van der Waals surface area (Å²) in [6.07, 6.45) is 1.65. The summed E-state index contributed by atoms with van der Waals surface area (Å²) in [4.78, 5) is 4.20. The van der Waals surface area contributed by atoms with E-state index in [0.29, 0.717) is 5.69 Å². The average molecular weight is 253 g/mol. The van der Waals surface area contributed by atoms with Crippen LogP contribution in [-0.4, -0.2) is 19.7 Å². The van der Waals surface area contributed by atoms with Crippen molar-refractivity contribution in [3.05, 3.63) is 53.3 Å². The average Bonchev–Trinajstić information content (AvgIpc) is 2.84. The standard InChI is InChI=1S/C15H15N3O/c1-10-3-4-12(7-11(10)2)14-5-6-15-16-8-13(9-19)18(15)17-14/h3-8,19H,9H2,1-2H3. The van der Waals surface area contributed by atoms with Crippen LogP contribution in [0.5, 0.6) is 0 Å². The first-order chi connectivity index (χ1) is 9.19. The first-order valence-corrected chi connectivity index (χ1v) is 6.21. The fourth-order valence-corrected chi connectivity index (χ4v) is 2.08. The molecule has 0 radical (unpaired) electrons. The minimum atomic E-state index is -0.0649. The third kappa shape index (κ3) is 2.00. The molecule has 3 rings (SSSR count). The monoisotopic (exact) mass is 253 g/mol. The highest BCUT2D eigenvalue weighted by Crippen LogP contribution is 2.20. The van der Waals surface area contributed by atoms with Gasteiger partial charge in [0.15, 0.2) is 5.65 Å². The van der Waals surface area contributed by atoms with Crippen LogP contribution in [-0.2, 0) is 6.61 Å². The number of fused-ring (bicyclic) bond motifs is 1. The molecule has 0 amide bonds. The maximum absolute atomic E-state index is 9.27. The smallest absolute Gasteiger partial charge is 0.153 e. The number of aliphatic hydroxyl groups is 1. The lowest BCUT2D eigenvalue weighted by atomic mass is 10.0. The predicted molar refractivity (Wildman–Crippen MR) is 73.8 cm³/mol. The van der Waals surface area contributed by atoms with Gasteiger partial charge in [0.25, 0.3) is 0 Å². The van der Waals surface area contributed by atoms with E-state index in [1.807, 2.05) is 12.1 Å². The summed E-state index contributed by atoms with van der Waals surface area (Å²) in [6, 6.07) is 10.1. The van der Waals surface area contributed by atoms with Gasteiger partial charge in [-0.15, -0.1) is 0 Å². The molecule has 0 atom stereocenters. The lowest BCUT2D eigenvalue weighted by molar-refractivity contribution is 0.274. The van der Waals surface area contributed by atoms with Crippen molar-refractivity contribution in [3.63, 3.8) is 0 Å². The maximum atomic E-state index is 9.27. The van der Waals surface area contributed by atoms with Crippen LogP contribution in [0.3, 0.4) is 0 Å². The van der Waals surface area contributed by atoms with Gasteiger partial charge < -0.3 is 5.11 Å². The van der Waals surface area contributed by atoms with E-state index in [0.717, 1.165) is 16.9 Å². The number of imidazole rings is 1. The quantitative estimate of drug-likeness (QED) is 0.763. The second-order valence-corrected chi connectivity index (χ2v) is 4.70. The van der Waals surface area contributed by atoms with Crippen LogP contribution in [0.4, 0.5) is 0 Å². The minimum Gasteiger partial charge on any atom is -0.390 e. The van der Waals surface area contributed by atoms with Crippen molar-refractivity contribution in [2.75, 3.05) is 0 Å². The summed E-state index contributed by atoms with van der Waals surface area (Å²) in [7, 11) is 0. The molecule has 4 nitrogen and oxygen atoms in total. The molecular formula is C15H15N3O. The van der Waals surface area contributed by atoms with Crippen LogP contribution in [0.15, 0.2) is 36.5 Å². The van der Waals surface area contributed by atoms with Crippen molar-refractivity contribution in [1.29, 1.82) is 0 Å². The van der Waals surface area contributed by atoms with E-state index in [-0.39, 0.29) is 6.61 Å². The van der Waals surface area contributed by atoms with Gasteiger partial charge in [0.05, 0.1) is 24.2 Å². The molecule has 19 heavy (non-hydrogen) atoms. The topological polar surface area (TPSA) is 50.4 Å². The highest BCUT2D eigenvalue weighted by molar-refractivity contribution is 5.62. The highest BCUT2D eigenvalue weighted by Gasteiger charge is 2.06. The summed E-state index contributed by atoms with van der Waals surface area (Å²) < 4.78 is 1.69. The molecule has 0 fully saturated rings. The highest BCUT2D eigenvalue weighted by atomic mass is 16.3. The Morgan fingerprint density at radius 2 is 1.95 bits per heavy atom. The van der Waals surface area contributed by atoms with Crippen molar-refractivity contribution in [2.45, 2.75) is 20.5 Å². The zero-order chi connectivity index (χ0) is 13.4. The number of benzene rings is 1. The number of nitrogens with zero attached hydrogens (tertiary/aromatic N) is 3. The van der Waals surface area contributed by atoms with Gasteiger partial charge in [-0.3, -0.25) is 0 Å². The van der Waals surface area contributed by atoms with Gasteiger partial charge in [-0.05, 0) is 43.2 Å². The largest absolute Gasteiger partial charge is 0.390 e. The summed E-state index contributed by atoms with van der Waals surface area (Å²) in [5.41, 5.74) is 5.90. The zero-order valence-electron chi connectivity index (χ0n) is 11.0. The molecule has 0 bridgehead atoms. The van der Waals surface area contributed by atoms with E-state index in [9.17, 15) is 5.11 Å². The van der Waals surface area contributed by atoms with E-state index in [4.69, 9.17) is 0 Å².